The van der Waals surface area contributed by atoms with Gasteiger partial charge >= 0.3 is 0 Å². The Morgan fingerprint density at radius 1 is 1.67 bits per heavy atom. The molecule has 0 spiro atoms. The van der Waals surface area contributed by atoms with Crippen LogP contribution >= 0.6 is 11.9 Å². The number of hydrogen-bond acceptors (Lipinski definition) is 2. The van der Waals surface area contributed by atoms with E-state index >= 15 is 0 Å². The van der Waals surface area contributed by atoms with Crippen molar-refractivity contribution >= 4 is 11.9 Å². The van der Waals surface area contributed by atoms with E-state index in [1.807, 2.05) is 11.9 Å². The van der Waals surface area contributed by atoms with Gasteiger partial charge in [-0.3, -0.25) is 0 Å². The molecule has 1 nitrogen and oxygen atoms in total. The fourth-order valence-electron chi connectivity index (χ4n) is 2.14. The van der Waals surface area contributed by atoms with E-state index in [-0.39, 0.29) is 0 Å². The van der Waals surface area contributed by atoms with Crippen LogP contribution in [-0.2, 0) is 0 Å². The highest BCUT2D eigenvalue weighted by Crippen LogP contribution is 2.44. The molecule has 0 aromatic carbocycles. The minimum Gasteiger partial charge on any atom is -0.240 e. The lowest BCUT2D eigenvalue weighted by molar-refractivity contribution is 0.361. The van der Waals surface area contributed by atoms with Crippen molar-refractivity contribution < 1.29 is 0 Å². The molecule has 1 aliphatic heterocycles. The fourth-order valence-corrected chi connectivity index (χ4v) is 3.27. The Morgan fingerprint density at radius 3 is 3.00 bits per heavy atom. The van der Waals surface area contributed by atoms with Gasteiger partial charge in [0.1, 0.15) is 0 Å². The highest BCUT2D eigenvalue weighted by Gasteiger charge is 2.43. The van der Waals surface area contributed by atoms with Crippen LogP contribution in [0.2, 0.25) is 0 Å². The van der Waals surface area contributed by atoms with Crippen LogP contribution in [0.4, 0.5) is 0 Å². The number of nitrogens with zero attached hydrogens (tertiary/aromatic N) is 1. The molecule has 2 unspecified atom stereocenters. The van der Waals surface area contributed by atoms with Gasteiger partial charge in [0.05, 0.1) is 0 Å². The molecule has 12 heavy (non-hydrogen) atoms. The molecular weight excluding hydrogens is 166 g/mol. The molecule has 0 amide bonds. The van der Waals surface area contributed by atoms with Gasteiger partial charge in [-0.25, -0.2) is 4.31 Å². The van der Waals surface area contributed by atoms with E-state index in [4.69, 9.17) is 0 Å². The van der Waals surface area contributed by atoms with Crippen molar-refractivity contribution in [2.45, 2.75) is 32.2 Å². The van der Waals surface area contributed by atoms with Crippen molar-refractivity contribution in [3.63, 3.8) is 0 Å². The van der Waals surface area contributed by atoms with Gasteiger partial charge in [0.2, 0.25) is 0 Å². The summed E-state index contributed by atoms with van der Waals surface area (Å²) in [6, 6.07) is 0. The molecule has 2 heteroatoms. The molecular formula is C10H17NS. The van der Waals surface area contributed by atoms with E-state index in [1.165, 1.54) is 25.1 Å². The summed E-state index contributed by atoms with van der Waals surface area (Å²) < 4.78 is 2.57. The van der Waals surface area contributed by atoms with Crippen LogP contribution < -0.4 is 0 Å². The Bertz CT molecular complexity index is 202. The van der Waals surface area contributed by atoms with E-state index in [1.54, 1.807) is 0 Å². The molecule has 0 saturated carbocycles. The van der Waals surface area contributed by atoms with Crippen molar-refractivity contribution in [2.75, 3.05) is 12.3 Å². The second-order valence-corrected chi connectivity index (χ2v) is 5.18. The van der Waals surface area contributed by atoms with Crippen LogP contribution in [0.5, 0.6) is 0 Å². The van der Waals surface area contributed by atoms with E-state index < -0.39 is 0 Å². The van der Waals surface area contributed by atoms with Crippen LogP contribution in [-0.4, -0.2) is 22.1 Å². The normalized spacial score (nSPS) is 39.7. The summed E-state index contributed by atoms with van der Waals surface area (Å²) in [5, 5.41) is 0. The maximum Gasteiger partial charge on any atom is 0.0470 e. The number of fused-ring (bicyclic) bond motifs is 2. The van der Waals surface area contributed by atoms with Crippen molar-refractivity contribution in [3.05, 3.63) is 12.2 Å². The first-order chi connectivity index (χ1) is 5.74. The lowest BCUT2D eigenvalue weighted by atomic mass is 10.0. The van der Waals surface area contributed by atoms with Crippen molar-refractivity contribution in [1.82, 2.24) is 4.31 Å². The van der Waals surface area contributed by atoms with Gasteiger partial charge < -0.3 is 0 Å². The fraction of sp³-hybridized carbons (Fsp3) is 0.800. The Hall–Kier alpha value is 0.0500. The van der Waals surface area contributed by atoms with E-state index in [9.17, 15) is 0 Å². The molecule has 0 aromatic heterocycles. The lowest BCUT2D eigenvalue weighted by Gasteiger charge is -2.31. The molecule has 0 N–H and O–H groups in total. The third kappa shape index (κ3) is 1.31. The van der Waals surface area contributed by atoms with Gasteiger partial charge in [0.25, 0.3) is 0 Å². The summed E-state index contributed by atoms with van der Waals surface area (Å²) >= 11 is 2.03. The van der Waals surface area contributed by atoms with Crippen molar-refractivity contribution in [2.24, 2.45) is 5.92 Å². The van der Waals surface area contributed by atoms with Gasteiger partial charge in [-0.1, -0.05) is 31.0 Å². The third-order valence-electron chi connectivity index (χ3n) is 2.82. The Balaban J connectivity index is 1.97. The monoisotopic (exact) mass is 183 g/mol. The first-order valence-corrected chi connectivity index (χ1v) is 5.79. The summed E-state index contributed by atoms with van der Waals surface area (Å²) in [6.07, 6.45) is 7.42. The third-order valence-corrected chi connectivity index (χ3v) is 4.29. The van der Waals surface area contributed by atoms with Gasteiger partial charge in [-0.05, 0) is 25.7 Å². The molecule has 1 saturated heterocycles. The molecule has 68 valence electrons. The van der Waals surface area contributed by atoms with Crippen LogP contribution in [0.1, 0.15) is 26.7 Å². The van der Waals surface area contributed by atoms with Gasteiger partial charge in [0.15, 0.2) is 0 Å². The molecule has 2 atom stereocenters. The standard InChI is InChI=1S/C10H17NS/c1-3-6-12-11-8-9-4-5-10(11,2)7-9/h4-5,9H,3,6-8H2,1-2H3. The predicted molar refractivity (Wildman–Crippen MR) is 55.1 cm³/mol. The maximum absolute atomic E-state index is 2.57. The maximum atomic E-state index is 2.57. The molecule has 2 bridgehead atoms. The first-order valence-electron chi connectivity index (χ1n) is 4.84. The van der Waals surface area contributed by atoms with Crippen LogP contribution in [0.3, 0.4) is 0 Å². The summed E-state index contributed by atoms with van der Waals surface area (Å²) in [5.41, 5.74) is 0.393. The zero-order valence-electron chi connectivity index (χ0n) is 7.92. The Kier molecular flexibility index (Phi) is 2.21. The van der Waals surface area contributed by atoms with Gasteiger partial charge in [0, 0.05) is 17.8 Å². The lowest BCUT2D eigenvalue weighted by Crippen LogP contribution is -2.34. The molecule has 1 fully saturated rings. The minimum absolute atomic E-state index is 0.393. The molecule has 0 radical (unpaired) electrons. The van der Waals surface area contributed by atoms with Crippen LogP contribution in [0.25, 0.3) is 0 Å². The summed E-state index contributed by atoms with van der Waals surface area (Å²) in [4.78, 5) is 0. The second kappa shape index (κ2) is 3.08. The number of rotatable bonds is 3. The minimum atomic E-state index is 0.393. The Labute approximate surface area is 79.3 Å². The van der Waals surface area contributed by atoms with E-state index in [2.05, 4.69) is 30.3 Å². The van der Waals surface area contributed by atoms with Crippen LogP contribution in [0, 0.1) is 5.92 Å². The smallest absolute Gasteiger partial charge is 0.0470 e. The van der Waals surface area contributed by atoms with Gasteiger partial charge in [-0.2, -0.15) is 0 Å². The largest absolute Gasteiger partial charge is 0.240 e. The summed E-state index contributed by atoms with van der Waals surface area (Å²) in [5.74, 6) is 2.12. The number of hydrogen-bond donors (Lipinski definition) is 0. The summed E-state index contributed by atoms with van der Waals surface area (Å²) in [6.45, 7) is 5.89. The molecule has 0 aromatic rings. The first kappa shape index (κ1) is 8.64. The van der Waals surface area contributed by atoms with E-state index in [0.29, 0.717) is 5.54 Å². The summed E-state index contributed by atoms with van der Waals surface area (Å²) in [7, 11) is 0. The Morgan fingerprint density at radius 2 is 2.50 bits per heavy atom. The highest BCUT2D eigenvalue weighted by atomic mass is 32.2. The molecule has 1 aliphatic carbocycles. The topological polar surface area (TPSA) is 3.24 Å². The predicted octanol–water partition coefficient (Wildman–Crippen LogP) is 2.70. The molecule has 2 rings (SSSR count). The van der Waals surface area contributed by atoms with Crippen LogP contribution in [0.15, 0.2) is 12.2 Å². The quantitative estimate of drug-likeness (QED) is 0.489. The zero-order chi connectivity index (χ0) is 8.60. The highest BCUT2D eigenvalue weighted by molar-refractivity contribution is 7.97. The SMILES string of the molecule is CCCSN1CC2C=CC1(C)C2. The van der Waals surface area contributed by atoms with Crippen molar-refractivity contribution in [3.8, 4) is 0 Å². The molecule has 2 aliphatic rings. The average Bonchev–Trinajstić information content (AvgIpc) is 2.55. The van der Waals surface area contributed by atoms with E-state index in [0.717, 1.165) is 5.92 Å². The zero-order valence-corrected chi connectivity index (χ0v) is 8.73. The second-order valence-electron chi connectivity index (χ2n) is 4.07. The van der Waals surface area contributed by atoms with Crippen molar-refractivity contribution in [1.29, 1.82) is 0 Å². The molecule has 1 heterocycles. The average molecular weight is 183 g/mol. The van der Waals surface area contributed by atoms with Gasteiger partial charge in [-0.15, -0.1) is 0 Å².